The number of nitrogens with two attached hydrogens (primary N) is 1. The summed E-state index contributed by atoms with van der Waals surface area (Å²) in [7, 11) is 0. The maximum Gasteiger partial charge on any atom is 0.126 e. The normalized spacial score (nSPS) is 21.3. The molecule has 0 spiro atoms. The summed E-state index contributed by atoms with van der Waals surface area (Å²) < 4.78 is 13.7. The summed E-state index contributed by atoms with van der Waals surface area (Å²) in [5.41, 5.74) is 4.99. The second-order valence-corrected chi connectivity index (χ2v) is 6.65. The molecule has 1 unspecified atom stereocenters. The van der Waals surface area contributed by atoms with E-state index < -0.39 is 0 Å². The third-order valence-electron chi connectivity index (χ3n) is 4.59. The van der Waals surface area contributed by atoms with Gasteiger partial charge in [-0.1, -0.05) is 26.0 Å². The van der Waals surface area contributed by atoms with Crippen LogP contribution < -0.4 is 11.3 Å². The molecule has 1 fully saturated rings. The van der Waals surface area contributed by atoms with E-state index in [1.54, 1.807) is 13.0 Å². The maximum atomic E-state index is 13.7. The zero-order chi connectivity index (χ0) is 14.0. The molecule has 0 saturated heterocycles. The van der Waals surface area contributed by atoms with Gasteiger partial charge in [0.15, 0.2) is 0 Å². The molecule has 1 aliphatic rings. The molecule has 0 amide bonds. The van der Waals surface area contributed by atoms with Crippen LogP contribution in [0.5, 0.6) is 0 Å². The van der Waals surface area contributed by atoms with Crippen molar-refractivity contribution in [2.75, 3.05) is 0 Å². The first kappa shape index (κ1) is 14.5. The van der Waals surface area contributed by atoms with E-state index in [1.165, 1.54) is 12.8 Å². The van der Waals surface area contributed by atoms with Crippen molar-refractivity contribution in [2.45, 2.75) is 52.5 Å². The molecule has 2 rings (SSSR count). The lowest BCUT2D eigenvalue weighted by Gasteiger charge is -2.38. The van der Waals surface area contributed by atoms with Crippen LogP contribution in [0.3, 0.4) is 0 Å². The minimum absolute atomic E-state index is 0.0613. The molecule has 0 bridgehead atoms. The van der Waals surface area contributed by atoms with E-state index in [-0.39, 0.29) is 11.9 Å². The molecular weight excluding hydrogens is 239 g/mol. The van der Waals surface area contributed by atoms with Gasteiger partial charge in [-0.05, 0) is 61.1 Å². The zero-order valence-corrected chi connectivity index (χ0v) is 12.2. The summed E-state index contributed by atoms with van der Waals surface area (Å²) in [5, 5.41) is 0. The number of aryl methyl sites for hydroxylation is 1. The van der Waals surface area contributed by atoms with Crippen molar-refractivity contribution in [2.24, 2.45) is 17.2 Å². The standard InChI is InChI=1S/C16H25FN2/c1-11-4-5-13(10-14(11)17)15(19-18)12-6-8-16(2,3)9-7-12/h4-5,10,12,15,19H,6-9,18H2,1-3H3. The molecular formula is C16H25FN2. The van der Waals surface area contributed by atoms with Gasteiger partial charge in [0.2, 0.25) is 0 Å². The Hall–Kier alpha value is -0.930. The lowest BCUT2D eigenvalue weighted by Crippen LogP contribution is -2.36. The smallest absolute Gasteiger partial charge is 0.126 e. The van der Waals surface area contributed by atoms with Gasteiger partial charge in [-0.25, -0.2) is 4.39 Å². The molecule has 1 aliphatic carbocycles. The number of hydrogen-bond acceptors (Lipinski definition) is 2. The molecule has 19 heavy (non-hydrogen) atoms. The summed E-state index contributed by atoms with van der Waals surface area (Å²) in [4.78, 5) is 0. The molecule has 0 heterocycles. The molecule has 0 radical (unpaired) electrons. The Kier molecular flexibility index (Phi) is 4.26. The number of nitrogens with one attached hydrogen (secondary N) is 1. The van der Waals surface area contributed by atoms with Gasteiger partial charge in [0.25, 0.3) is 0 Å². The van der Waals surface area contributed by atoms with Crippen molar-refractivity contribution in [3.05, 3.63) is 35.1 Å². The number of hydrogen-bond donors (Lipinski definition) is 2. The average Bonchev–Trinajstić information content (AvgIpc) is 2.36. The zero-order valence-electron chi connectivity index (χ0n) is 12.2. The average molecular weight is 264 g/mol. The molecule has 1 aromatic rings. The van der Waals surface area contributed by atoms with E-state index in [2.05, 4.69) is 19.3 Å². The lowest BCUT2D eigenvalue weighted by atomic mass is 9.70. The molecule has 1 aromatic carbocycles. The van der Waals surface area contributed by atoms with Gasteiger partial charge in [0.05, 0.1) is 0 Å². The fourth-order valence-corrected chi connectivity index (χ4v) is 3.06. The van der Waals surface area contributed by atoms with Gasteiger partial charge in [-0.3, -0.25) is 11.3 Å². The summed E-state index contributed by atoms with van der Waals surface area (Å²) in [6.45, 7) is 6.42. The molecule has 3 heteroatoms. The Morgan fingerprint density at radius 3 is 2.47 bits per heavy atom. The Morgan fingerprint density at radius 2 is 1.95 bits per heavy atom. The molecule has 0 aliphatic heterocycles. The lowest BCUT2D eigenvalue weighted by molar-refractivity contribution is 0.161. The second kappa shape index (κ2) is 5.59. The molecule has 0 aromatic heterocycles. The summed E-state index contributed by atoms with van der Waals surface area (Å²) in [6, 6.07) is 5.51. The Bertz CT molecular complexity index is 432. The van der Waals surface area contributed by atoms with Crippen LogP contribution in [0.15, 0.2) is 18.2 Å². The van der Waals surface area contributed by atoms with Crippen LogP contribution in [0.25, 0.3) is 0 Å². The second-order valence-electron chi connectivity index (χ2n) is 6.65. The quantitative estimate of drug-likeness (QED) is 0.642. The topological polar surface area (TPSA) is 38.0 Å². The van der Waals surface area contributed by atoms with Crippen molar-refractivity contribution >= 4 is 0 Å². The van der Waals surface area contributed by atoms with E-state index in [0.29, 0.717) is 16.9 Å². The van der Waals surface area contributed by atoms with Crippen LogP contribution in [-0.4, -0.2) is 0 Å². The largest absolute Gasteiger partial charge is 0.271 e. The Morgan fingerprint density at radius 1 is 1.32 bits per heavy atom. The minimum atomic E-state index is -0.145. The van der Waals surface area contributed by atoms with Gasteiger partial charge in [0, 0.05) is 6.04 Å². The monoisotopic (exact) mass is 264 g/mol. The van der Waals surface area contributed by atoms with Crippen molar-refractivity contribution in [3.8, 4) is 0 Å². The first-order chi connectivity index (χ1) is 8.93. The molecule has 2 nitrogen and oxygen atoms in total. The molecule has 1 saturated carbocycles. The minimum Gasteiger partial charge on any atom is -0.271 e. The van der Waals surface area contributed by atoms with Gasteiger partial charge in [-0.2, -0.15) is 0 Å². The summed E-state index contributed by atoms with van der Waals surface area (Å²) in [6.07, 6.45) is 4.73. The highest BCUT2D eigenvalue weighted by molar-refractivity contribution is 5.26. The predicted octanol–water partition coefficient (Wildman–Crippen LogP) is 3.85. The first-order valence-electron chi connectivity index (χ1n) is 7.15. The van der Waals surface area contributed by atoms with E-state index in [4.69, 9.17) is 5.84 Å². The molecule has 3 N–H and O–H groups in total. The first-order valence-corrected chi connectivity index (χ1v) is 7.15. The van der Waals surface area contributed by atoms with Crippen LogP contribution in [-0.2, 0) is 0 Å². The van der Waals surface area contributed by atoms with Crippen LogP contribution in [0.4, 0.5) is 4.39 Å². The highest BCUT2D eigenvalue weighted by Crippen LogP contribution is 2.42. The summed E-state index contributed by atoms with van der Waals surface area (Å²) >= 11 is 0. The predicted molar refractivity (Wildman–Crippen MR) is 76.9 cm³/mol. The van der Waals surface area contributed by atoms with E-state index >= 15 is 0 Å². The van der Waals surface area contributed by atoms with Crippen molar-refractivity contribution < 1.29 is 4.39 Å². The van der Waals surface area contributed by atoms with Crippen LogP contribution >= 0.6 is 0 Å². The van der Waals surface area contributed by atoms with E-state index in [1.807, 2.05) is 12.1 Å². The fourth-order valence-electron chi connectivity index (χ4n) is 3.06. The van der Waals surface area contributed by atoms with Crippen molar-refractivity contribution in [3.63, 3.8) is 0 Å². The number of benzene rings is 1. The number of hydrazine groups is 1. The Balaban J connectivity index is 2.14. The SMILES string of the molecule is Cc1ccc(C(NN)C2CCC(C)(C)CC2)cc1F. The molecule has 1 atom stereocenters. The Labute approximate surface area is 115 Å². The van der Waals surface area contributed by atoms with Gasteiger partial charge >= 0.3 is 0 Å². The third kappa shape index (κ3) is 3.34. The van der Waals surface area contributed by atoms with Gasteiger partial charge < -0.3 is 0 Å². The summed E-state index contributed by atoms with van der Waals surface area (Å²) in [5.74, 6) is 6.07. The van der Waals surface area contributed by atoms with Crippen LogP contribution in [0.2, 0.25) is 0 Å². The number of rotatable bonds is 3. The van der Waals surface area contributed by atoms with Gasteiger partial charge in [0.1, 0.15) is 5.82 Å². The van der Waals surface area contributed by atoms with Crippen LogP contribution in [0.1, 0.15) is 56.7 Å². The van der Waals surface area contributed by atoms with E-state index in [0.717, 1.165) is 18.4 Å². The number of halogens is 1. The highest BCUT2D eigenvalue weighted by atomic mass is 19.1. The fraction of sp³-hybridized carbons (Fsp3) is 0.625. The maximum absolute atomic E-state index is 13.7. The van der Waals surface area contributed by atoms with Crippen molar-refractivity contribution in [1.29, 1.82) is 0 Å². The van der Waals surface area contributed by atoms with Crippen LogP contribution in [0, 0.1) is 24.1 Å². The molecule has 106 valence electrons. The van der Waals surface area contributed by atoms with Gasteiger partial charge in [-0.15, -0.1) is 0 Å². The highest BCUT2D eigenvalue weighted by Gasteiger charge is 2.31. The van der Waals surface area contributed by atoms with E-state index in [9.17, 15) is 4.39 Å². The third-order valence-corrected chi connectivity index (χ3v) is 4.59. The van der Waals surface area contributed by atoms with Crippen molar-refractivity contribution in [1.82, 2.24) is 5.43 Å².